The van der Waals surface area contributed by atoms with Crippen LogP contribution in [0.2, 0.25) is 0 Å². The number of sulfone groups is 1. The van der Waals surface area contributed by atoms with Crippen molar-refractivity contribution in [3.8, 4) is 0 Å². The largest absolute Gasteiger partial charge is 0.481 e. The van der Waals surface area contributed by atoms with Crippen molar-refractivity contribution in [1.82, 2.24) is 4.90 Å². The van der Waals surface area contributed by atoms with Gasteiger partial charge in [-0.2, -0.15) is 0 Å². The van der Waals surface area contributed by atoms with Crippen molar-refractivity contribution in [2.75, 3.05) is 13.1 Å². The molecular weight excluding hydrogens is 313 g/mol. The lowest BCUT2D eigenvalue weighted by molar-refractivity contribution is -0.141. The first-order chi connectivity index (χ1) is 10.2. The molecule has 1 aliphatic heterocycles. The molecule has 2 atom stereocenters. The van der Waals surface area contributed by atoms with Crippen molar-refractivity contribution < 1.29 is 27.5 Å². The van der Waals surface area contributed by atoms with E-state index in [2.05, 4.69) is 0 Å². The second-order valence-corrected chi connectivity index (χ2v) is 7.52. The number of benzene rings is 1. The van der Waals surface area contributed by atoms with Gasteiger partial charge in [-0.05, 0) is 37.6 Å². The van der Waals surface area contributed by atoms with Gasteiger partial charge < -0.3 is 10.0 Å². The Kier molecular flexibility index (Phi) is 4.50. The van der Waals surface area contributed by atoms with Gasteiger partial charge in [0.25, 0.3) is 0 Å². The van der Waals surface area contributed by atoms with Gasteiger partial charge in [-0.3, -0.25) is 9.59 Å². The van der Waals surface area contributed by atoms with Crippen LogP contribution in [-0.4, -0.2) is 48.6 Å². The van der Waals surface area contributed by atoms with Gasteiger partial charge in [0.05, 0.1) is 10.8 Å². The molecule has 0 bridgehead atoms. The molecule has 0 saturated carbocycles. The quantitative estimate of drug-likeness (QED) is 0.830. The van der Waals surface area contributed by atoms with Crippen LogP contribution >= 0.6 is 0 Å². The van der Waals surface area contributed by atoms with Crippen LogP contribution in [0.25, 0.3) is 0 Å². The molecule has 8 heteroatoms. The predicted molar refractivity (Wildman–Crippen MR) is 75.4 cm³/mol. The van der Waals surface area contributed by atoms with Gasteiger partial charge in [0.15, 0.2) is 9.84 Å². The molecule has 1 aromatic carbocycles. The standard InChI is InChI=1S/C14H16FNO5S/c1-9(13(17)16-7-6-10(8-16)14(18)19)22(20,21)12-4-2-11(15)3-5-12/h2-5,9-10H,6-8H2,1H3,(H,18,19). The Hall–Kier alpha value is -1.96. The fraction of sp³-hybridized carbons (Fsp3) is 0.429. The number of nitrogens with zero attached hydrogens (tertiary/aromatic N) is 1. The number of hydrogen-bond donors (Lipinski definition) is 1. The van der Waals surface area contributed by atoms with E-state index >= 15 is 0 Å². The van der Waals surface area contributed by atoms with E-state index in [1.54, 1.807) is 0 Å². The number of aliphatic carboxylic acids is 1. The number of rotatable bonds is 4. The van der Waals surface area contributed by atoms with Gasteiger partial charge in [-0.25, -0.2) is 12.8 Å². The second-order valence-electron chi connectivity index (χ2n) is 5.25. The molecule has 0 aromatic heterocycles. The third-order valence-electron chi connectivity index (χ3n) is 3.80. The van der Waals surface area contributed by atoms with E-state index in [-0.39, 0.29) is 18.0 Å². The van der Waals surface area contributed by atoms with Crippen molar-refractivity contribution in [1.29, 1.82) is 0 Å². The lowest BCUT2D eigenvalue weighted by Crippen LogP contribution is -2.40. The fourth-order valence-corrected chi connectivity index (χ4v) is 3.72. The number of carboxylic acid groups (broad SMARTS) is 1. The van der Waals surface area contributed by atoms with Crippen molar-refractivity contribution in [2.45, 2.75) is 23.5 Å². The molecule has 0 spiro atoms. The Balaban J connectivity index is 2.16. The molecule has 22 heavy (non-hydrogen) atoms. The molecule has 1 aromatic rings. The van der Waals surface area contributed by atoms with Crippen LogP contribution in [0.3, 0.4) is 0 Å². The fourth-order valence-electron chi connectivity index (χ4n) is 2.38. The topological polar surface area (TPSA) is 91.8 Å². The molecule has 1 amide bonds. The molecule has 6 nitrogen and oxygen atoms in total. The van der Waals surface area contributed by atoms with Crippen LogP contribution in [0, 0.1) is 11.7 Å². The van der Waals surface area contributed by atoms with Gasteiger partial charge >= 0.3 is 5.97 Å². The van der Waals surface area contributed by atoms with E-state index in [9.17, 15) is 22.4 Å². The average Bonchev–Trinajstić information content (AvgIpc) is 2.96. The minimum Gasteiger partial charge on any atom is -0.481 e. The van der Waals surface area contributed by atoms with Crippen LogP contribution in [0.4, 0.5) is 4.39 Å². The number of carbonyl (C=O) groups is 2. The summed E-state index contributed by atoms with van der Waals surface area (Å²) in [6, 6.07) is 4.25. The molecule has 0 radical (unpaired) electrons. The Morgan fingerprint density at radius 3 is 2.41 bits per heavy atom. The van der Waals surface area contributed by atoms with Crippen LogP contribution in [0.15, 0.2) is 29.2 Å². The van der Waals surface area contributed by atoms with Crippen LogP contribution in [-0.2, 0) is 19.4 Å². The summed E-state index contributed by atoms with van der Waals surface area (Å²) in [4.78, 5) is 24.3. The van der Waals surface area contributed by atoms with Gasteiger partial charge in [0, 0.05) is 13.1 Å². The van der Waals surface area contributed by atoms with Gasteiger partial charge in [-0.15, -0.1) is 0 Å². The molecule has 120 valence electrons. The molecule has 0 aliphatic carbocycles. The van der Waals surface area contributed by atoms with E-state index in [4.69, 9.17) is 5.11 Å². The summed E-state index contributed by atoms with van der Waals surface area (Å²) in [5, 5.41) is 7.58. The Morgan fingerprint density at radius 1 is 1.32 bits per heavy atom. The molecule has 1 saturated heterocycles. The van der Waals surface area contributed by atoms with E-state index in [1.807, 2.05) is 0 Å². The SMILES string of the molecule is CC(C(=O)N1CCC(C(=O)O)C1)S(=O)(=O)c1ccc(F)cc1. The molecule has 1 fully saturated rings. The molecule has 1 N–H and O–H groups in total. The Bertz CT molecular complexity index is 686. The molecular formula is C14H16FNO5S. The summed E-state index contributed by atoms with van der Waals surface area (Å²) in [6.45, 7) is 1.49. The third-order valence-corrected chi connectivity index (χ3v) is 5.87. The second kappa shape index (κ2) is 6.04. The third kappa shape index (κ3) is 3.11. The van der Waals surface area contributed by atoms with Crippen molar-refractivity contribution in [3.05, 3.63) is 30.1 Å². The highest BCUT2D eigenvalue weighted by Crippen LogP contribution is 2.22. The van der Waals surface area contributed by atoms with E-state index < -0.39 is 38.7 Å². The highest BCUT2D eigenvalue weighted by Gasteiger charge is 2.37. The molecule has 2 unspecified atom stereocenters. The van der Waals surface area contributed by atoms with Gasteiger partial charge in [-0.1, -0.05) is 0 Å². The summed E-state index contributed by atoms with van der Waals surface area (Å²) in [7, 11) is -3.94. The lowest BCUT2D eigenvalue weighted by atomic mass is 10.1. The minimum atomic E-state index is -3.94. The first-order valence-corrected chi connectivity index (χ1v) is 8.29. The highest BCUT2D eigenvalue weighted by molar-refractivity contribution is 7.92. The maximum atomic E-state index is 12.9. The summed E-state index contributed by atoms with van der Waals surface area (Å²) in [6.07, 6.45) is 0.310. The van der Waals surface area contributed by atoms with E-state index in [1.165, 1.54) is 11.8 Å². The molecule has 1 heterocycles. The summed E-state index contributed by atoms with van der Waals surface area (Å²) < 4.78 is 37.6. The normalized spacial score (nSPS) is 19.9. The van der Waals surface area contributed by atoms with E-state index in [0.29, 0.717) is 6.42 Å². The first kappa shape index (κ1) is 16.4. The van der Waals surface area contributed by atoms with Crippen molar-refractivity contribution >= 4 is 21.7 Å². The van der Waals surface area contributed by atoms with Crippen LogP contribution in [0.1, 0.15) is 13.3 Å². The van der Waals surface area contributed by atoms with Gasteiger partial charge in [0.2, 0.25) is 5.91 Å². The number of hydrogen-bond acceptors (Lipinski definition) is 4. The average molecular weight is 329 g/mol. The van der Waals surface area contributed by atoms with Crippen molar-refractivity contribution in [3.63, 3.8) is 0 Å². The highest BCUT2D eigenvalue weighted by atomic mass is 32.2. The number of carbonyl (C=O) groups excluding carboxylic acids is 1. The zero-order valence-corrected chi connectivity index (χ0v) is 12.7. The van der Waals surface area contributed by atoms with Crippen molar-refractivity contribution in [2.24, 2.45) is 5.92 Å². The van der Waals surface area contributed by atoms with Crippen LogP contribution < -0.4 is 0 Å². The summed E-state index contributed by atoms with van der Waals surface area (Å²) >= 11 is 0. The zero-order chi connectivity index (χ0) is 16.5. The zero-order valence-electron chi connectivity index (χ0n) is 11.9. The summed E-state index contributed by atoms with van der Waals surface area (Å²) in [5.41, 5.74) is 0. The monoisotopic (exact) mass is 329 g/mol. The maximum Gasteiger partial charge on any atom is 0.308 e. The van der Waals surface area contributed by atoms with Gasteiger partial charge in [0.1, 0.15) is 11.1 Å². The summed E-state index contributed by atoms with van der Waals surface area (Å²) in [5.74, 6) is -2.86. The minimum absolute atomic E-state index is 0.0114. The molecule has 2 rings (SSSR count). The lowest BCUT2D eigenvalue weighted by Gasteiger charge is -2.20. The number of halogens is 1. The Morgan fingerprint density at radius 2 is 1.91 bits per heavy atom. The number of amides is 1. The smallest absolute Gasteiger partial charge is 0.308 e. The van der Waals surface area contributed by atoms with Crippen LogP contribution in [0.5, 0.6) is 0 Å². The maximum absolute atomic E-state index is 12.9. The number of carboxylic acids is 1. The van der Waals surface area contributed by atoms with E-state index in [0.717, 1.165) is 24.3 Å². The number of likely N-dealkylation sites (tertiary alicyclic amines) is 1. The predicted octanol–water partition coefficient (Wildman–Crippen LogP) is 0.921. The molecule has 1 aliphatic rings. The Labute approximate surface area is 127 Å². The first-order valence-electron chi connectivity index (χ1n) is 6.74.